The van der Waals surface area contributed by atoms with E-state index in [9.17, 15) is 0 Å². The molecular formula is C12H15N. The van der Waals surface area contributed by atoms with Gasteiger partial charge in [-0.2, -0.15) is 0 Å². The Morgan fingerprint density at radius 1 is 1.31 bits per heavy atom. The van der Waals surface area contributed by atoms with Crippen molar-refractivity contribution in [1.29, 1.82) is 0 Å². The van der Waals surface area contributed by atoms with Crippen LogP contribution in [0.5, 0.6) is 0 Å². The molecule has 68 valence electrons. The number of nitrogens with zero attached hydrogens (tertiary/aromatic N) is 1. The van der Waals surface area contributed by atoms with Crippen LogP contribution in [-0.4, -0.2) is 5.71 Å². The number of aliphatic imine (C=N–C) groups is 1. The predicted molar refractivity (Wildman–Crippen MR) is 58.1 cm³/mol. The summed E-state index contributed by atoms with van der Waals surface area (Å²) in [6, 6.07) is 10.3. The number of allylic oxidation sites excluding steroid dienone is 1. The van der Waals surface area contributed by atoms with E-state index < -0.39 is 0 Å². The molecule has 0 aliphatic rings. The summed E-state index contributed by atoms with van der Waals surface area (Å²) in [7, 11) is 0. The van der Waals surface area contributed by atoms with E-state index in [2.05, 4.69) is 24.0 Å². The van der Waals surface area contributed by atoms with Crippen molar-refractivity contribution >= 4 is 5.71 Å². The fraction of sp³-hybridized carbons (Fsp3) is 0.250. The minimum absolute atomic E-state index is 0.967. The van der Waals surface area contributed by atoms with Crippen LogP contribution in [0.2, 0.25) is 0 Å². The standard InChI is InChI=1S/C12H15N/c1-3-10-13-12(4-2)11-8-6-5-7-9-11/h3,5-10H,4H2,1-2H3/b10-3-,13-12?. The average Bonchev–Trinajstić information content (AvgIpc) is 2.21. The molecule has 13 heavy (non-hydrogen) atoms. The molecule has 1 aromatic rings. The molecule has 1 nitrogen and oxygen atoms in total. The Balaban J connectivity index is 2.91. The largest absolute Gasteiger partial charge is 0.261 e. The van der Waals surface area contributed by atoms with Crippen molar-refractivity contribution in [3.05, 3.63) is 48.2 Å². The molecule has 1 rings (SSSR count). The van der Waals surface area contributed by atoms with Gasteiger partial charge in [0.15, 0.2) is 0 Å². The topological polar surface area (TPSA) is 12.4 Å². The van der Waals surface area contributed by atoms with Gasteiger partial charge in [0.05, 0.1) is 0 Å². The molecule has 0 N–H and O–H groups in total. The zero-order chi connectivity index (χ0) is 9.52. The Labute approximate surface area is 79.8 Å². The third-order valence-electron chi connectivity index (χ3n) is 1.82. The van der Waals surface area contributed by atoms with Crippen molar-refractivity contribution < 1.29 is 0 Å². The molecule has 0 fully saturated rings. The summed E-state index contributed by atoms with van der Waals surface area (Å²) >= 11 is 0. The van der Waals surface area contributed by atoms with E-state index in [4.69, 9.17) is 0 Å². The minimum atomic E-state index is 0.967. The molecule has 0 aromatic heterocycles. The zero-order valence-electron chi connectivity index (χ0n) is 8.20. The van der Waals surface area contributed by atoms with Gasteiger partial charge in [0.1, 0.15) is 0 Å². The van der Waals surface area contributed by atoms with Crippen molar-refractivity contribution in [1.82, 2.24) is 0 Å². The molecule has 0 atom stereocenters. The molecule has 1 aromatic carbocycles. The third-order valence-corrected chi connectivity index (χ3v) is 1.82. The zero-order valence-corrected chi connectivity index (χ0v) is 8.20. The first-order chi connectivity index (χ1) is 6.38. The van der Waals surface area contributed by atoms with Crippen LogP contribution in [0.15, 0.2) is 47.6 Å². The fourth-order valence-electron chi connectivity index (χ4n) is 1.16. The first-order valence-electron chi connectivity index (χ1n) is 4.61. The van der Waals surface area contributed by atoms with Gasteiger partial charge in [-0.15, -0.1) is 0 Å². The van der Waals surface area contributed by atoms with Crippen molar-refractivity contribution in [2.75, 3.05) is 0 Å². The van der Waals surface area contributed by atoms with E-state index in [0.717, 1.165) is 12.1 Å². The van der Waals surface area contributed by atoms with Crippen LogP contribution < -0.4 is 0 Å². The predicted octanol–water partition coefficient (Wildman–Crippen LogP) is 3.42. The second-order valence-corrected chi connectivity index (χ2v) is 2.78. The molecule has 0 heterocycles. The number of rotatable bonds is 3. The Bertz CT molecular complexity index is 296. The summed E-state index contributed by atoms with van der Waals surface area (Å²) in [4.78, 5) is 4.37. The van der Waals surface area contributed by atoms with Crippen LogP contribution >= 0.6 is 0 Å². The maximum absolute atomic E-state index is 4.37. The third kappa shape index (κ3) is 2.86. The maximum atomic E-state index is 4.37. The Morgan fingerprint density at radius 2 is 2.00 bits per heavy atom. The molecule has 1 heteroatoms. The first-order valence-corrected chi connectivity index (χ1v) is 4.61. The van der Waals surface area contributed by atoms with Crippen molar-refractivity contribution in [3.8, 4) is 0 Å². The Morgan fingerprint density at radius 3 is 2.54 bits per heavy atom. The summed E-state index contributed by atoms with van der Waals surface area (Å²) in [5.41, 5.74) is 2.35. The lowest BCUT2D eigenvalue weighted by atomic mass is 10.1. The second-order valence-electron chi connectivity index (χ2n) is 2.78. The van der Waals surface area contributed by atoms with Gasteiger partial charge in [-0.1, -0.05) is 43.3 Å². The van der Waals surface area contributed by atoms with Crippen molar-refractivity contribution in [2.45, 2.75) is 20.3 Å². The number of benzene rings is 1. The lowest BCUT2D eigenvalue weighted by Crippen LogP contribution is -1.97. The molecular weight excluding hydrogens is 158 g/mol. The summed E-state index contributed by atoms with van der Waals surface area (Å²) in [6.07, 6.45) is 4.75. The lowest BCUT2D eigenvalue weighted by molar-refractivity contribution is 1.26. The first kappa shape index (κ1) is 9.72. The fourth-order valence-corrected chi connectivity index (χ4v) is 1.16. The van der Waals surface area contributed by atoms with Crippen LogP contribution in [0.4, 0.5) is 0 Å². The number of hydrogen-bond donors (Lipinski definition) is 0. The van der Waals surface area contributed by atoms with E-state index >= 15 is 0 Å². The molecule has 0 radical (unpaired) electrons. The summed E-state index contributed by atoms with van der Waals surface area (Å²) in [5, 5.41) is 0. The summed E-state index contributed by atoms with van der Waals surface area (Å²) in [6.45, 7) is 4.09. The molecule has 0 amide bonds. The maximum Gasteiger partial charge on any atom is 0.0472 e. The van der Waals surface area contributed by atoms with E-state index in [-0.39, 0.29) is 0 Å². The highest BCUT2D eigenvalue weighted by Crippen LogP contribution is 2.04. The van der Waals surface area contributed by atoms with Gasteiger partial charge in [-0.3, -0.25) is 4.99 Å². The average molecular weight is 173 g/mol. The SMILES string of the molecule is C/C=C\N=C(CC)c1ccccc1. The van der Waals surface area contributed by atoms with Crippen molar-refractivity contribution in [2.24, 2.45) is 4.99 Å². The summed E-state index contributed by atoms with van der Waals surface area (Å²) < 4.78 is 0. The molecule has 0 saturated heterocycles. The summed E-state index contributed by atoms with van der Waals surface area (Å²) in [5.74, 6) is 0. The molecule has 0 spiro atoms. The van der Waals surface area contributed by atoms with Gasteiger partial charge in [0, 0.05) is 11.9 Å². The van der Waals surface area contributed by atoms with Gasteiger partial charge in [-0.25, -0.2) is 0 Å². The Hall–Kier alpha value is -1.37. The number of hydrogen-bond acceptors (Lipinski definition) is 1. The van der Waals surface area contributed by atoms with Crippen molar-refractivity contribution in [3.63, 3.8) is 0 Å². The molecule has 0 aliphatic heterocycles. The van der Waals surface area contributed by atoms with Crippen LogP contribution in [0.3, 0.4) is 0 Å². The van der Waals surface area contributed by atoms with Crippen LogP contribution in [0.25, 0.3) is 0 Å². The van der Waals surface area contributed by atoms with E-state index in [1.54, 1.807) is 0 Å². The van der Waals surface area contributed by atoms with Crippen LogP contribution in [0, 0.1) is 0 Å². The van der Waals surface area contributed by atoms with Gasteiger partial charge in [0.25, 0.3) is 0 Å². The lowest BCUT2D eigenvalue weighted by Gasteiger charge is -2.00. The van der Waals surface area contributed by atoms with Gasteiger partial charge < -0.3 is 0 Å². The van der Waals surface area contributed by atoms with Gasteiger partial charge in [0.2, 0.25) is 0 Å². The minimum Gasteiger partial charge on any atom is -0.261 e. The molecule has 0 bridgehead atoms. The highest BCUT2D eigenvalue weighted by atomic mass is 14.7. The Kier molecular flexibility index (Phi) is 3.97. The highest BCUT2D eigenvalue weighted by molar-refractivity contribution is 6.00. The molecule has 0 unspecified atom stereocenters. The monoisotopic (exact) mass is 173 g/mol. The van der Waals surface area contributed by atoms with E-state index in [1.165, 1.54) is 5.56 Å². The quantitative estimate of drug-likeness (QED) is 0.621. The van der Waals surface area contributed by atoms with Gasteiger partial charge in [-0.05, 0) is 18.9 Å². The van der Waals surface area contributed by atoms with Crippen LogP contribution in [0.1, 0.15) is 25.8 Å². The smallest absolute Gasteiger partial charge is 0.0472 e. The van der Waals surface area contributed by atoms with Gasteiger partial charge >= 0.3 is 0 Å². The normalized spacial score (nSPS) is 12.3. The second kappa shape index (κ2) is 5.31. The highest BCUT2D eigenvalue weighted by Gasteiger charge is 1.96. The molecule has 0 saturated carbocycles. The van der Waals surface area contributed by atoms with Crippen LogP contribution in [-0.2, 0) is 0 Å². The van der Waals surface area contributed by atoms with E-state index in [1.807, 2.05) is 37.4 Å². The van der Waals surface area contributed by atoms with E-state index in [0.29, 0.717) is 0 Å². The molecule has 0 aliphatic carbocycles.